The van der Waals surface area contributed by atoms with E-state index in [1.165, 1.54) is 6.42 Å². The minimum Gasteiger partial charge on any atom is -0.481 e. The van der Waals surface area contributed by atoms with E-state index < -0.39 is 5.97 Å². The molecule has 0 radical (unpaired) electrons. The molecule has 0 aliphatic carbocycles. The molecule has 0 aromatic carbocycles. The first kappa shape index (κ1) is 16.8. The third-order valence-corrected chi connectivity index (χ3v) is 3.57. The van der Waals surface area contributed by atoms with Gasteiger partial charge in [-0.1, -0.05) is 6.92 Å². The van der Waals surface area contributed by atoms with E-state index in [2.05, 4.69) is 22.5 Å². The van der Waals surface area contributed by atoms with Gasteiger partial charge in [0.25, 0.3) is 0 Å². The summed E-state index contributed by atoms with van der Waals surface area (Å²) in [6.07, 6.45) is 4.66. The summed E-state index contributed by atoms with van der Waals surface area (Å²) in [7, 11) is 0. The minimum absolute atomic E-state index is 0.130. The number of carbonyl (C=O) groups is 2. The number of likely N-dealkylation sites (tertiary alicyclic amines) is 1. The molecule has 0 spiro atoms. The quantitative estimate of drug-likeness (QED) is 0.589. The summed E-state index contributed by atoms with van der Waals surface area (Å²) in [6, 6.07) is 0.136. The van der Waals surface area contributed by atoms with Crippen LogP contribution in [-0.4, -0.2) is 54.2 Å². The highest BCUT2D eigenvalue weighted by molar-refractivity contribution is 5.74. The molecule has 1 rings (SSSR count). The van der Waals surface area contributed by atoms with Crippen molar-refractivity contribution >= 4 is 12.0 Å². The summed E-state index contributed by atoms with van der Waals surface area (Å²) in [5.74, 6) is -0.784. The second kappa shape index (κ2) is 9.58. The number of piperidine rings is 1. The van der Waals surface area contributed by atoms with Crippen LogP contribution in [0.1, 0.15) is 45.4 Å². The molecule has 0 unspecified atom stereocenters. The van der Waals surface area contributed by atoms with Crippen LogP contribution < -0.4 is 10.6 Å². The van der Waals surface area contributed by atoms with Crippen molar-refractivity contribution in [2.45, 2.75) is 51.5 Å². The molecular formula is C14H27N3O3. The Morgan fingerprint density at radius 3 is 2.55 bits per heavy atom. The molecule has 20 heavy (non-hydrogen) atoms. The number of hydrogen-bond acceptors (Lipinski definition) is 3. The molecule has 116 valence electrons. The van der Waals surface area contributed by atoms with E-state index in [4.69, 9.17) is 5.11 Å². The third-order valence-electron chi connectivity index (χ3n) is 3.57. The second-order valence-electron chi connectivity index (χ2n) is 5.37. The average molecular weight is 285 g/mol. The van der Waals surface area contributed by atoms with Gasteiger partial charge < -0.3 is 20.6 Å². The Balaban J connectivity index is 2.04. The van der Waals surface area contributed by atoms with Crippen LogP contribution in [0.25, 0.3) is 0 Å². The SMILES string of the molecule is CCCN1CCC(NC(=O)NCCCCC(=O)O)CC1. The third kappa shape index (κ3) is 7.33. The monoisotopic (exact) mass is 285 g/mol. The summed E-state index contributed by atoms with van der Waals surface area (Å²) < 4.78 is 0. The Hall–Kier alpha value is -1.30. The molecule has 1 fully saturated rings. The topological polar surface area (TPSA) is 81.7 Å². The molecule has 0 aromatic rings. The molecule has 0 bridgehead atoms. The van der Waals surface area contributed by atoms with Gasteiger partial charge in [0.05, 0.1) is 0 Å². The summed E-state index contributed by atoms with van der Waals surface area (Å²) in [6.45, 7) is 5.97. The number of nitrogens with one attached hydrogen (secondary N) is 2. The Morgan fingerprint density at radius 2 is 1.95 bits per heavy atom. The van der Waals surface area contributed by atoms with Crippen LogP contribution in [0.15, 0.2) is 0 Å². The predicted octanol–water partition coefficient (Wildman–Crippen LogP) is 1.41. The lowest BCUT2D eigenvalue weighted by molar-refractivity contribution is -0.137. The molecule has 6 nitrogen and oxygen atoms in total. The molecule has 2 amide bonds. The zero-order valence-corrected chi connectivity index (χ0v) is 12.4. The lowest BCUT2D eigenvalue weighted by atomic mass is 10.1. The maximum Gasteiger partial charge on any atom is 0.315 e. The van der Waals surface area contributed by atoms with Gasteiger partial charge in [0.1, 0.15) is 0 Å². The van der Waals surface area contributed by atoms with Gasteiger partial charge in [0.15, 0.2) is 0 Å². The molecule has 1 aliphatic heterocycles. The summed E-state index contributed by atoms with van der Waals surface area (Å²) in [4.78, 5) is 24.4. The van der Waals surface area contributed by atoms with E-state index in [0.29, 0.717) is 19.4 Å². The van der Waals surface area contributed by atoms with Crippen molar-refractivity contribution in [1.29, 1.82) is 0 Å². The fourth-order valence-electron chi connectivity index (χ4n) is 2.46. The van der Waals surface area contributed by atoms with Gasteiger partial charge in [0.2, 0.25) is 0 Å². The molecule has 1 saturated heterocycles. The van der Waals surface area contributed by atoms with Gasteiger partial charge in [-0.05, 0) is 38.6 Å². The number of rotatable bonds is 8. The van der Waals surface area contributed by atoms with Crippen molar-refractivity contribution in [2.24, 2.45) is 0 Å². The number of unbranched alkanes of at least 4 members (excludes halogenated alkanes) is 1. The van der Waals surface area contributed by atoms with Gasteiger partial charge in [-0.15, -0.1) is 0 Å². The van der Waals surface area contributed by atoms with Crippen molar-refractivity contribution < 1.29 is 14.7 Å². The van der Waals surface area contributed by atoms with E-state index in [1.807, 2.05) is 0 Å². The van der Waals surface area contributed by atoms with Gasteiger partial charge in [-0.25, -0.2) is 4.79 Å². The van der Waals surface area contributed by atoms with E-state index in [-0.39, 0.29) is 18.5 Å². The number of nitrogens with zero attached hydrogens (tertiary/aromatic N) is 1. The number of amides is 2. The summed E-state index contributed by atoms with van der Waals surface area (Å²) in [5.41, 5.74) is 0. The molecular weight excluding hydrogens is 258 g/mol. The average Bonchev–Trinajstić information content (AvgIpc) is 2.40. The van der Waals surface area contributed by atoms with Crippen LogP contribution in [0.4, 0.5) is 4.79 Å². The molecule has 0 aromatic heterocycles. The maximum atomic E-state index is 11.7. The van der Waals surface area contributed by atoms with E-state index in [9.17, 15) is 9.59 Å². The smallest absolute Gasteiger partial charge is 0.315 e. The maximum absolute atomic E-state index is 11.7. The molecule has 0 atom stereocenters. The zero-order valence-electron chi connectivity index (χ0n) is 12.4. The fraction of sp³-hybridized carbons (Fsp3) is 0.857. The van der Waals surface area contributed by atoms with E-state index in [1.54, 1.807) is 0 Å². The number of carboxylic acids is 1. The first-order valence-electron chi connectivity index (χ1n) is 7.60. The normalized spacial score (nSPS) is 16.9. The Bertz CT molecular complexity index is 302. The Morgan fingerprint density at radius 1 is 1.25 bits per heavy atom. The van der Waals surface area contributed by atoms with Crippen molar-refractivity contribution in [3.8, 4) is 0 Å². The van der Waals surface area contributed by atoms with Gasteiger partial charge in [-0.2, -0.15) is 0 Å². The molecule has 0 saturated carbocycles. The van der Waals surface area contributed by atoms with Crippen molar-refractivity contribution in [2.75, 3.05) is 26.2 Å². The largest absolute Gasteiger partial charge is 0.481 e. The first-order valence-corrected chi connectivity index (χ1v) is 7.60. The standard InChI is InChI=1S/C14H27N3O3/c1-2-9-17-10-6-12(7-11-17)16-14(20)15-8-4-3-5-13(18)19/h12H,2-11H2,1H3,(H,18,19)(H2,15,16,20). The second-order valence-corrected chi connectivity index (χ2v) is 5.37. The Labute approximate surface area is 120 Å². The molecule has 1 aliphatic rings. The number of aliphatic carboxylic acids is 1. The first-order chi connectivity index (χ1) is 9.61. The van der Waals surface area contributed by atoms with Gasteiger partial charge in [0, 0.05) is 32.1 Å². The lowest BCUT2D eigenvalue weighted by Gasteiger charge is -2.32. The van der Waals surface area contributed by atoms with Gasteiger partial charge >= 0.3 is 12.0 Å². The summed E-state index contributed by atoms with van der Waals surface area (Å²) >= 11 is 0. The highest BCUT2D eigenvalue weighted by atomic mass is 16.4. The van der Waals surface area contributed by atoms with Crippen LogP contribution in [0.5, 0.6) is 0 Å². The van der Waals surface area contributed by atoms with Crippen LogP contribution in [0.2, 0.25) is 0 Å². The molecule has 3 N–H and O–H groups in total. The number of carbonyl (C=O) groups excluding carboxylic acids is 1. The van der Waals surface area contributed by atoms with Crippen LogP contribution in [0, 0.1) is 0 Å². The number of hydrogen-bond donors (Lipinski definition) is 3. The summed E-state index contributed by atoms with van der Waals surface area (Å²) in [5, 5.41) is 14.3. The molecule has 1 heterocycles. The van der Waals surface area contributed by atoms with Gasteiger partial charge in [-0.3, -0.25) is 4.79 Å². The van der Waals surface area contributed by atoms with Crippen molar-refractivity contribution in [1.82, 2.24) is 15.5 Å². The van der Waals surface area contributed by atoms with Crippen LogP contribution in [0.3, 0.4) is 0 Å². The van der Waals surface area contributed by atoms with E-state index >= 15 is 0 Å². The van der Waals surface area contributed by atoms with E-state index in [0.717, 1.165) is 32.5 Å². The van der Waals surface area contributed by atoms with Crippen molar-refractivity contribution in [3.63, 3.8) is 0 Å². The number of urea groups is 1. The minimum atomic E-state index is -0.784. The highest BCUT2D eigenvalue weighted by Gasteiger charge is 2.19. The predicted molar refractivity (Wildman–Crippen MR) is 77.8 cm³/mol. The number of carboxylic acid groups (broad SMARTS) is 1. The van der Waals surface area contributed by atoms with Crippen LogP contribution >= 0.6 is 0 Å². The zero-order chi connectivity index (χ0) is 14.8. The Kier molecular flexibility index (Phi) is 8.02. The van der Waals surface area contributed by atoms with Crippen LogP contribution in [-0.2, 0) is 4.79 Å². The van der Waals surface area contributed by atoms with Crippen molar-refractivity contribution in [3.05, 3.63) is 0 Å². The fourth-order valence-corrected chi connectivity index (χ4v) is 2.46. The highest BCUT2D eigenvalue weighted by Crippen LogP contribution is 2.10. The lowest BCUT2D eigenvalue weighted by Crippen LogP contribution is -2.48. The molecule has 6 heteroatoms.